The minimum atomic E-state index is -0.996. The number of ether oxygens (including phenoxy) is 1. The Balaban J connectivity index is 1.58. The predicted octanol–water partition coefficient (Wildman–Crippen LogP) is 4.75. The molecule has 1 N–H and O–H groups in total. The van der Waals surface area contributed by atoms with E-state index < -0.39 is 5.54 Å². The second-order valence-corrected chi connectivity index (χ2v) is 10.4. The van der Waals surface area contributed by atoms with Crippen LogP contribution in [0.5, 0.6) is 0 Å². The molecule has 186 valence electrons. The lowest BCUT2D eigenvalue weighted by Crippen LogP contribution is -2.64. The molecule has 7 heteroatoms. The number of hydrogen-bond acceptors (Lipinski definition) is 4. The summed E-state index contributed by atoms with van der Waals surface area (Å²) in [7, 11) is 0. The number of nitrogens with zero attached hydrogens (tertiary/aromatic N) is 2. The van der Waals surface area contributed by atoms with Gasteiger partial charge in [0.05, 0.1) is 12.6 Å². The average Bonchev–Trinajstić information content (AvgIpc) is 3.22. The van der Waals surface area contributed by atoms with Gasteiger partial charge in [-0.3, -0.25) is 9.59 Å². The smallest absolute Gasteiger partial charge is 0.271 e. The molecule has 4 rings (SSSR count). The molecule has 0 spiro atoms. The number of thioether (sulfide) groups is 1. The van der Waals surface area contributed by atoms with E-state index in [9.17, 15) is 9.59 Å². The highest BCUT2D eigenvalue weighted by molar-refractivity contribution is 7.98. The molecular weight excluding hydrogens is 458 g/mol. The number of nitrogens with one attached hydrogen (secondary N) is 1. The molecule has 2 amide bonds. The molecule has 0 saturated carbocycles. The highest BCUT2D eigenvalue weighted by Gasteiger charge is 2.47. The zero-order chi connectivity index (χ0) is 25.0. The normalized spacial score (nSPS) is 17.7. The molecule has 1 unspecified atom stereocenters. The van der Waals surface area contributed by atoms with E-state index in [-0.39, 0.29) is 17.9 Å². The summed E-state index contributed by atoms with van der Waals surface area (Å²) in [6.45, 7) is 7.88. The van der Waals surface area contributed by atoms with Crippen molar-refractivity contribution in [3.63, 3.8) is 0 Å². The Bertz CT molecular complexity index is 1190. The minimum Gasteiger partial charge on any atom is -0.379 e. The number of carbonyl (C=O) groups is 2. The summed E-state index contributed by atoms with van der Waals surface area (Å²) in [6, 6.07) is 18.3. The van der Waals surface area contributed by atoms with Crippen molar-refractivity contribution in [2.24, 2.45) is 0 Å². The van der Waals surface area contributed by atoms with E-state index in [1.807, 2.05) is 55.7 Å². The monoisotopic (exact) mass is 493 g/mol. The number of carbonyl (C=O) groups excluding carboxylic acids is 2. The Morgan fingerprint density at radius 2 is 1.91 bits per heavy atom. The van der Waals surface area contributed by atoms with Crippen molar-refractivity contribution < 1.29 is 14.3 Å². The summed E-state index contributed by atoms with van der Waals surface area (Å²) in [5.41, 5.74) is 1.77. The van der Waals surface area contributed by atoms with E-state index in [0.29, 0.717) is 38.4 Å². The molecular formula is C28H35N3O3S. The molecule has 3 aromatic rings. The molecule has 35 heavy (non-hydrogen) atoms. The number of aromatic nitrogens is 1. The van der Waals surface area contributed by atoms with Crippen LogP contribution < -0.4 is 5.32 Å². The van der Waals surface area contributed by atoms with Gasteiger partial charge in [0.2, 0.25) is 5.91 Å². The molecule has 1 aromatic heterocycles. The van der Waals surface area contributed by atoms with Crippen LogP contribution in [0.15, 0.2) is 59.5 Å². The quantitative estimate of drug-likeness (QED) is 0.327. The van der Waals surface area contributed by atoms with Gasteiger partial charge in [-0.1, -0.05) is 30.3 Å². The second-order valence-electron chi connectivity index (χ2n) is 9.53. The maximum absolute atomic E-state index is 13.8. The molecule has 2 heterocycles. The first kappa shape index (κ1) is 25.3. The van der Waals surface area contributed by atoms with Gasteiger partial charge in [-0.15, -0.1) is 11.8 Å². The zero-order valence-corrected chi connectivity index (χ0v) is 21.9. The van der Waals surface area contributed by atoms with Crippen LogP contribution in [0.4, 0.5) is 0 Å². The third kappa shape index (κ3) is 5.41. The van der Waals surface area contributed by atoms with Crippen LogP contribution >= 0.6 is 11.8 Å². The maximum Gasteiger partial charge on any atom is 0.271 e. The van der Waals surface area contributed by atoms with Crippen molar-refractivity contribution in [2.75, 3.05) is 26.0 Å². The number of fused-ring (bicyclic) bond motifs is 3. The molecule has 0 bridgehead atoms. The van der Waals surface area contributed by atoms with Gasteiger partial charge in [-0.25, -0.2) is 0 Å². The van der Waals surface area contributed by atoms with Gasteiger partial charge >= 0.3 is 0 Å². The molecule has 1 aliphatic rings. The van der Waals surface area contributed by atoms with Gasteiger partial charge in [-0.2, -0.15) is 0 Å². The lowest BCUT2D eigenvalue weighted by Gasteiger charge is -2.44. The van der Waals surface area contributed by atoms with Crippen LogP contribution in [-0.4, -0.2) is 58.9 Å². The number of hydrogen-bond donors (Lipinski definition) is 1. The Kier molecular flexibility index (Phi) is 7.87. The summed E-state index contributed by atoms with van der Waals surface area (Å²) in [5, 5.41) is 4.09. The topological polar surface area (TPSA) is 63.6 Å². The van der Waals surface area contributed by atoms with E-state index in [1.54, 1.807) is 16.7 Å². The molecule has 0 saturated heterocycles. The molecule has 1 aliphatic heterocycles. The number of rotatable bonds is 10. The first-order valence-corrected chi connectivity index (χ1v) is 13.5. The molecule has 2 aromatic carbocycles. The van der Waals surface area contributed by atoms with E-state index in [4.69, 9.17) is 4.74 Å². The molecule has 0 aliphatic carbocycles. The van der Waals surface area contributed by atoms with Crippen molar-refractivity contribution >= 4 is 34.5 Å². The fourth-order valence-corrected chi connectivity index (χ4v) is 5.08. The van der Waals surface area contributed by atoms with E-state index in [2.05, 4.69) is 35.8 Å². The van der Waals surface area contributed by atoms with Crippen LogP contribution in [0.3, 0.4) is 0 Å². The Morgan fingerprint density at radius 1 is 1.17 bits per heavy atom. The fourth-order valence-electron chi connectivity index (χ4n) is 4.67. The summed E-state index contributed by atoms with van der Waals surface area (Å²) >= 11 is 1.71. The van der Waals surface area contributed by atoms with Gasteiger partial charge < -0.3 is 19.5 Å². The van der Waals surface area contributed by atoms with Crippen LogP contribution in [0.1, 0.15) is 43.2 Å². The first-order valence-electron chi connectivity index (χ1n) is 12.3. The van der Waals surface area contributed by atoms with Crippen molar-refractivity contribution in [3.05, 3.63) is 65.9 Å². The van der Waals surface area contributed by atoms with E-state index in [1.165, 1.54) is 4.90 Å². The standard InChI is InChI=1S/C28H35N3O3S/c1-20(2)34-17-7-15-29-27(33)28(3)19-30-24-9-6-5-8-22(24)18-25(30)26(32)31(28)16-14-21-10-12-23(35-4)13-11-21/h5-6,8-13,18,20H,7,14-17,19H2,1-4H3,(H,29,33). The Morgan fingerprint density at radius 3 is 2.63 bits per heavy atom. The molecule has 6 nitrogen and oxygen atoms in total. The zero-order valence-electron chi connectivity index (χ0n) is 21.0. The average molecular weight is 494 g/mol. The highest BCUT2D eigenvalue weighted by Crippen LogP contribution is 2.32. The Labute approximate surface area is 212 Å². The van der Waals surface area contributed by atoms with Crippen LogP contribution in [0.25, 0.3) is 10.9 Å². The lowest BCUT2D eigenvalue weighted by atomic mass is 9.94. The van der Waals surface area contributed by atoms with Gasteiger partial charge in [0, 0.05) is 35.5 Å². The van der Waals surface area contributed by atoms with E-state index >= 15 is 0 Å². The summed E-state index contributed by atoms with van der Waals surface area (Å²) < 4.78 is 7.60. The largest absolute Gasteiger partial charge is 0.379 e. The molecule has 0 fully saturated rings. The van der Waals surface area contributed by atoms with E-state index in [0.717, 1.165) is 22.9 Å². The van der Waals surface area contributed by atoms with Gasteiger partial charge in [0.25, 0.3) is 5.91 Å². The Hall–Kier alpha value is -2.77. The lowest BCUT2D eigenvalue weighted by molar-refractivity contribution is -0.132. The number of para-hydroxylation sites is 1. The second kappa shape index (κ2) is 10.9. The summed E-state index contributed by atoms with van der Waals surface area (Å²) in [6.07, 6.45) is 3.64. The predicted molar refractivity (Wildman–Crippen MR) is 142 cm³/mol. The van der Waals surface area contributed by atoms with Crippen LogP contribution in [0, 0.1) is 0 Å². The third-order valence-electron chi connectivity index (χ3n) is 6.67. The summed E-state index contributed by atoms with van der Waals surface area (Å²) in [4.78, 5) is 30.3. The van der Waals surface area contributed by atoms with Gasteiger partial charge in [0.15, 0.2) is 0 Å². The van der Waals surface area contributed by atoms with Crippen molar-refractivity contribution in [1.29, 1.82) is 0 Å². The van der Waals surface area contributed by atoms with Gasteiger partial charge in [0.1, 0.15) is 11.2 Å². The number of amides is 2. The highest BCUT2D eigenvalue weighted by atomic mass is 32.2. The number of benzene rings is 2. The van der Waals surface area contributed by atoms with Crippen LogP contribution in [-0.2, 0) is 22.5 Å². The third-order valence-corrected chi connectivity index (χ3v) is 7.41. The molecule has 1 atom stereocenters. The van der Waals surface area contributed by atoms with Crippen LogP contribution in [0.2, 0.25) is 0 Å². The van der Waals surface area contributed by atoms with Crippen molar-refractivity contribution in [3.8, 4) is 0 Å². The maximum atomic E-state index is 13.8. The first-order chi connectivity index (χ1) is 16.8. The fraction of sp³-hybridized carbons (Fsp3) is 0.429. The van der Waals surface area contributed by atoms with Gasteiger partial charge in [-0.05, 0) is 69.7 Å². The summed E-state index contributed by atoms with van der Waals surface area (Å²) in [5.74, 6) is -0.231. The SMILES string of the molecule is CSc1ccc(CCN2C(=O)c3cc4ccccc4n3CC2(C)C(=O)NCCCOC(C)C)cc1. The molecule has 0 radical (unpaired) electrons. The minimum absolute atomic E-state index is 0.103. The van der Waals surface area contributed by atoms with Crippen molar-refractivity contribution in [1.82, 2.24) is 14.8 Å². The van der Waals surface area contributed by atoms with Crippen molar-refractivity contribution in [2.45, 2.75) is 56.7 Å².